The lowest BCUT2D eigenvalue weighted by Crippen LogP contribution is -2.50. The number of benzene rings is 2. The predicted octanol–water partition coefficient (Wildman–Crippen LogP) is 3.70. The smallest absolute Gasteiger partial charge is 0.261 e. The second-order valence-electron chi connectivity index (χ2n) is 10.8. The molecule has 0 atom stereocenters. The van der Waals surface area contributed by atoms with Gasteiger partial charge in [-0.25, -0.2) is 4.98 Å². The molecule has 2 aliphatic heterocycles. The maximum Gasteiger partial charge on any atom is 0.261 e. The number of anilines is 1. The number of hydrogen-bond acceptors (Lipinski definition) is 7. The van der Waals surface area contributed by atoms with Gasteiger partial charge in [-0.15, -0.1) is 0 Å². The first kappa shape index (κ1) is 29.1. The Morgan fingerprint density at radius 3 is 2.26 bits per heavy atom. The van der Waals surface area contributed by atoms with Crippen LogP contribution in [0.25, 0.3) is 10.9 Å². The lowest BCUT2D eigenvalue weighted by molar-refractivity contribution is 0.115. The lowest BCUT2D eigenvalue weighted by atomic mass is 9.79. The van der Waals surface area contributed by atoms with Crippen LogP contribution in [0.2, 0.25) is 0 Å². The monoisotopic (exact) mass is 534 g/mol. The molecule has 0 amide bonds. The summed E-state index contributed by atoms with van der Waals surface area (Å²) in [4.78, 5) is 22.7. The van der Waals surface area contributed by atoms with E-state index in [0.717, 1.165) is 94.0 Å². The number of nitrogens with zero attached hydrogens (tertiary/aromatic N) is 4. The molecule has 0 bridgehead atoms. The number of phenolic OH excluding ortho intramolecular Hbond substituents is 1. The zero-order valence-electron chi connectivity index (χ0n) is 24.2. The molecule has 0 radical (unpaired) electrons. The molecule has 39 heavy (non-hydrogen) atoms. The Labute approximate surface area is 233 Å². The number of unbranched alkanes of at least 4 members (excludes halogenated alkanes) is 1. The normalized spacial score (nSPS) is 17.2. The summed E-state index contributed by atoms with van der Waals surface area (Å²) in [5, 5.41) is 17.2. The van der Waals surface area contributed by atoms with Gasteiger partial charge in [0.15, 0.2) is 0 Å². The van der Waals surface area contributed by atoms with Gasteiger partial charge in [-0.3, -0.25) is 14.3 Å². The van der Waals surface area contributed by atoms with E-state index in [1.54, 1.807) is 6.07 Å². The minimum atomic E-state index is -0.105. The van der Waals surface area contributed by atoms with Crippen molar-refractivity contribution in [2.24, 2.45) is 0 Å². The highest BCUT2D eigenvalue weighted by Crippen LogP contribution is 2.39. The Hall–Kier alpha value is -2.94. The summed E-state index contributed by atoms with van der Waals surface area (Å²) >= 11 is 0. The van der Waals surface area contributed by atoms with Crippen molar-refractivity contribution in [1.82, 2.24) is 25.1 Å². The first-order valence-corrected chi connectivity index (χ1v) is 14.6. The molecule has 8 nitrogen and oxygen atoms in total. The quantitative estimate of drug-likeness (QED) is 0.426. The molecule has 0 aliphatic carbocycles. The SMILES string of the molecule is C1CNCCN1.CCCCc1nc2cc(N3CCC(c4cccc(O)c4)(N(C)C)CC3)ccc2c(=O)n1CC. The van der Waals surface area contributed by atoms with Gasteiger partial charge in [0.05, 0.1) is 10.9 Å². The fraction of sp³-hybridized carbons (Fsp3) is 0.548. The van der Waals surface area contributed by atoms with Gasteiger partial charge in [0.25, 0.3) is 5.56 Å². The van der Waals surface area contributed by atoms with Crippen LogP contribution in [0.15, 0.2) is 47.3 Å². The van der Waals surface area contributed by atoms with Crippen molar-refractivity contribution in [3.63, 3.8) is 0 Å². The van der Waals surface area contributed by atoms with Gasteiger partial charge >= 0.3 is 0 Å². The van der Waals surface area contributed by atoms with Crippen LogP contribution >= 0.6 is 0 Å². The first-order valence-electron chi connectivity index (χ1n) is 14.6. The second-order valence-corrected chi connectivity index (χ2v) is 10.8. The van der Waals surface area contributed by atoms with E-state index in [2.05, 4.69) is 59.7 Å². The van der Waals surface area contributed by atoms with Crippen LogP contribution in [0.4, 0.5) is 5.69 Å². The van der Waals surface area contributed by atoms with Gasteiger partial charge in [0.2, 0.25) is 0 Å². The van der Waals surface area contributed by atoms with Gasteiger partial charge in [0, 0.05) is 63.5 Å². The summed E-state index contributed by atoms with van der Waals surface area (Å²) < 4.78 is 1.82. The maximum atomic E-state index is 13.1. The molecule has 8 heteroatoms. The van der Waals surface area contributed by atoms with Gasteiger partial charge in [0.1, 0.15) is 11.6 Å². The van der Waals surface area contributed by atoms with Gasteiger partial charge < -0.3 is 20.6 Å². The molecular formula is C31H46N6O2. The highest BCUT2D eigenvalue weighted by atomic mass is 16.3. The van der Waals surface area contributed by atoms with Crippen molar-refractivity contribution >= 4 is 16.6 Å². The average Bonchev–Trinajstić information content (AvgIpc) is 2.97. The van der Waals surface area contributed by atoms with Crippen molar-refractivity contribution in [1.29, 1.82) is 0 Å². The van der Waals surface area contributed by atoms with E-state index in [1.807, 2.05) is 29.7 Å². The van der Waals surface area contributed by atoms with Crippen LogP contribution in [-0.4, -0.2) is 72.9 Å². The summed E-state index contributed by atoms with van der Waals surface area (Å²) in [7, 11) is 4.24. The molecule has 212 valence electrons. The number of aromatic hydroxyl groups is 1. The van der Waals surface area contributed by atoms with E-state index in [0.29, 0.717) is 17.7 Å². The summed E-state index contributed by atoms with van der Waals surface area (Å²) in [6.07, 6.45) is 4.85. The van der Waals surface area contributed by atoms with Crippen LogP contribution < -0.4 is 21.1 Å². The number of nitrogens with one attached hydrogen (secondary N) is 2. The number of piperazine rings is 1. The van der Waals surface area contributed by atoms with Crippen LogP contribution in [-0.2, 0) is 18.5 Å². The number of hydrogen-bond donors (Lipinski definition) is 3. The third-order valence-electron chi connectivity index (χ3n) is 8.24. The summed E-state index contributed by atoms with van der Waals surface area (Å²) in [6.45, 7) is 11.2. The molecule has 5 rings (SSSR count). The van der Waals surface area contributed by atoms with E-state index < -0.39 is 0 Å². The molecule has 3 N–H and O–H groups in total. The predicted molar refractivity (Wildman–Crippen MR) is 161 cm³/mol. The molecule has 3 aromatic rings. The van der Waals surface area contributed by atoms with E-state index in [-0.39, 0.29) is 11.1 Å². The standard InChI is InChI=1S/C27H36N4O2.C4H10N2/c1-5-7-11-25-28-24-19-21(12-13-23(24)26(33)31(25)6-2)30-16-14-27(15-17-30,29(3)4)20-9-8-10-22(32)18-20;1-2-6-4-3-5-1/h8-10,12-13,18-19,32H,5-7,11,14-17H2,1-4H3;5-6H,1-4H2. The number of rotatable bonds is 7. The fourth-order valence-corrected chi connectivity index (χ4v) is 5.83. The third-order valence-corrected chi connectivity index (χ3v) is 8.24. The molecule has 3 heterocycles. The number of piperidine rings is 1. The zero-order valence-corrected chi connectivity index (χ0v) is 24.2. The van der Waals surface area contributed by atoms with Gasteiger partial charge in [-0.1, -0.05) is 25.5 Å². The first-order chi connectivity index (χ1) is 18.9. The van der Waals surface area contributed by atoms with Crippen molar-refractivity contribution in [2.45, 2.75) is 58.0 Å². The number of aryl methyl sites for hydroxylation is 1. The van der Waals surface area contributed by atoms with Crippen LogP contribution in [0.5, 0.6) is 5.75 Å². The van der Waals surface area contributed by atoms with Crippen molar-refractivity contribution in [3.8, 4) is 5.75 Å². The molecule has 1 aromatic heterocycles. The summed E-state index contributed by atoms with van der Waals surface area (Å²) in [6, 6.07) is 13.8. The Bertz CT molecular complexity index is 1260. The Morgan fingerprint density at radius 1 is 1.00 bits per heavy atom. The topological polar surface area (TPSA) is 85.7 Å². The minimum absolute atomic E-state index is 0.0642. The number of aromatic nitrogens is 2. The maximum absolute atomic E-state index is 13.1. The molecule has 0 unspecified atom stereocenters. The summed E-state index contributed by atoms with van der Waals surface area (Å²) in [5.74, 6) is 1.21. The molecule has 0 spiro atoms. The van der Waals surface area contributed by atoms with Crippen molar-refractivity contribution < 1.29 is 5.11 Å². The van der Waals surface area contributed by atoms with Crippen LogP contribution in [0, 0.1) is 0 Å². The lowest BCUT2D eigenvalue weighted by Gasteiger charge is -2.47. The molecule has 2 aliphatic rings. The molecular weight excluding hydrogens is 488 g/mol. The molecule has 2 aromatic carbocycles. The largest absolute Gasteiger partial charge is 0.508 e. The second kappa shape index (κ2) is 13.4. The number of phenols is 1. The molecule has 2 fully saturated rings. The third kappa shape index (κ3) is 6.62. The fourth-order valence-electron chi connectivity index (χ4n) is 5.83. The van der Waals surface area contributed by atoms with E-state index in [4.69, 9.17) is 4.98 Å². The van der Waals surface area contributed by atoms with Gasteiger partial charge in [-0.2, -0.15) is 0 Å². The average molecular weight is 535 g/mol. The zero-order chi connectivity index (χ0) is 27.8. The van der Waals surface area contributed by atoms with Crippen LogP contribution in [0.1, 0.15) is 50.9 Å². The van der Waals surface area contributed by atoms with E-state index in [1.165, 1.54) is 0 Å². The molecule has 2 saturated heterocycles. The van der Waals surface area contributed by atoms with Crippen molar-refractivity contribution in [3.05, 3.63) is 64.2 Å². The highest BCUT2D eigenvalue weighted by molar-refractivity contribution is 5.81. The van der Waals surface area contributed by atoms with Crippen molar-refractivity contribution in [2.75, 3.05) is 58.3 Å². The molecule has 0 saturated carbocycles. The van der Waals surface area contributed by atoms with Gasteiger partial charge in [-0.05, 0) is 76.2 Å². The van der Waals surface area contributed by atoms with E-state index >= 15 is 0 Å². The Morgan fingerprint density at radius 2 is 1.69 bits per heavy atom. The van der Waals surface area contributed by atoms with E-state index in [9.17, 15) is 9.90 Å². The minimum Gasteiger partial charge on any atom is -0.508 e. The highest BCUT2D eigenvalue weighted by Gasteiger charge is 2.38. The number of fused-ring (bicyclic) bond motifs is 1. The van der Waals surface area contributed by atoms with Crippen LogP contribution in [0.3, 0.4) is 0 Å². The summed E-state index contributed by atoms with van der Waals surface area (Å²) in [5.41, 5.74) is 3.04. The Kier molecular flexibility index (Phi) is 9.99. The Balaban J connectivity index is 0.000000519.